The number of anilines is 1. The normalized spacial score (nSPS) is 11.6. The summed E-state index contributed by atoms with van der Waals surface area (Å²) in [7, 11) is -0.556. The van der Waals surface area contributed by atoms with Gasteiger partial charge in [0.25, 0.3) is 0 Å². The minimum absolute atomic E-state index is 0.0278. The maximum Gasteiger partial charge on any atom is 0.235 e. The SMILES string of the molecule is CNC(=O)CN(C)S(=O)(=O)CCSc1cccc(N)c1. The van der Waals surface area contributed by atoms with Gasteiger partial charge in [0, 0.05) is 30.4 Å². The zero-order valence-electron chi connectivity index (χ0n) is 11.5. The van der Waals surface area contributed by atoms with Gasteiger partial charge in [-0.2, -0.15) is 4.31 Å². The molecule has 1 rings (SSSR count). The van der Waals surface area contributed by atoms with Crippen molar-refractivity contribution in [1.82, 2.24) is 9.62 Å². The van der Waals surface area contributed by atoms with E-state index in [9.17, 15) is 13.2 Å². The number of rotatable bonds is 7. The highest BCUT2D eigenvalue weighted by Gasteiger charge is 2.19. The zero-order valence-corrected chi connectivity index (χ0v) is 13.1. The molecule has 0 aromatic heterocycles. The number of benzene rings is 1. The molecule has 0 bridgehead atoms. The van der Waals surface area contributed by atoms with Crippen LogP contribution in [0.2, 0.25) is 0 Å². The second kappa shape index (κ2) is 7.51. The Balaban J connectivity index is 2.49. The summed E-state index contributed by atoms with van der Waals surface area (Å²) in [5.41, 5.74) is 6.30. The number of nitrogens with zero attached hydrogens (tertiary/aromatic N) is 1. The number of carbonyl (C=O) groups is 1. The van der Waals surface area contributed by atoms with Crippen LogP contribution in [0.15, 0.2) is 29.2 Å². The van der Waals surface area contributed by atoms with Gasteiger partial charge < -0.3 is 11.1 Å². The predicted octanol–water partition coefficient (Wildman–Crippen LogP) is 0.369. The van der Waals surface area contributed by atoms with Gasteiger partial charge in [0.1, 0.15) is 0 Å². The van der Waals surface area contributed by atoms with Crippen LogP contribution in [0.5, 0.6) is 0 Å². The molecular weight excluding hydrogens is 298 g/mol. The molecule has 0 fully saturated rings. The number of nitrogens with one attached hydrogen (secondary N) is 1. The lowest BCUT2D eigenvalue weighted by Gasteiger charge is -2.15. The fourth-order valence-electron chi connectivity index (χ4n) is 1.40. The average Bonchev–Trinajstić information content (AvgIpc) is 2.38. The summed E-state index contributed by atoms with van der Waals surface area (Å²) in [6, 6.07) is 7.27. The largest absolute Gasteiger partial charge is 0.399 e. The van der Waals surface area contributed by atoms with Gasteiger partial charge in [-0.25, -0.2) is 8.42 Å². The van der Waals surface area contributed by atoms with E-state index >= 15 is 0 Å². The Labute approximate surface area is 123 Å². The van der Waals surface area contributed by atoms with Crippen molar-refractivity contribution >= 4 is 33.4 Å². The van der Waals surface area contributed by atoms with Crippen molar-refractivity contribution in [2.75, 3.05) is 37.9 Å². The Hall–Kier alpha value is -1.25. The smallest absolute Gasteiger partial charge is 0.235 e. The van der Waals surface area contributed by atoms with E-state index in [1.807, 2.05) is 12.1 Å². The molecule has 0 spiro atoms. The van der Waals surface area contributed by atoms with E-state index in [4.69, 9.17) is 5.73 Å². The third-order valence-corrected chi connectivity index (χ3v) is 5.64. The number of hydrogen-bond donors (Lipinski definition) is 2. The van der Waals surface area contributed by atoms with Crippen molar-refractivity contribution in [3.8, 4) is 0 Å². The highest BCUT2D eigenvalue weighted by atomic mass is 32.2. The number of hydrogen-bond acceptors (Lipinski definition) is 5. The summed E-state index contributed by atoms with van der Waals surface area (Å²) in [4.78, 5) is 12.1. The summed E-state index contributed by atoms with van der Waals surface area (Å²) in [5, 5.41) is 2.39. The summed E-state index contributed by atoms with van der Waals surface area (Å²) < 4.78 is 25.0. The van der Waals surface area contributed by atoms with Crippen molar-refractivity contribution in [2.45, 2.75) is 4.90 Å². The van der Waals surface area contributed by atoms with Crippen LogP contribution in [-0.4, -0.2) is 50.8 Å². The predicted molar refractivity (Wildman–Crippen MR) is 82.1 cm³/mol. The molecule has 1 aromatic carbocycles. The van der Waals surface area contributed by atoms with E-state index in [2.05, 4.69) is 5.32 Å². The first kappa shape index (κ1) is 16.8. The maximum absolute atomic E-state index is 11.9. The molecular formula is C12H19N3O3S2. The Morgan fingerprint density at radius 1 is 1.45 bits per heavy atom. The van der Waals surface area contributed by atoms with Crippen LogP contribution in [0, 0.1) is 0 Å². The molecule has 20 heavy (non-hydrogen) atoms. The van der Waals surface area contributed by atoms with Crippen LogP contribution in [0.25, 0.3) is 0 Å². The second-order valence-corrected chi connectivity index (χ2v) is 7.53. The monoisotopic (exact) mass is 317 g/mol. The van der Waals surface area contributed by atoms with E-state index in [0.717, 1.165) is 9.20 Å². The molecule has 0 saturated heterocycles. The molecule has 0 atom stereocenters. The Morgan fingerprint density at radius 2 is 2.15 bits per heavy atom. The summed E-state index contributed by atoms with van der Waals surface area (Å²) >= 11 is 1.42. The first-order valence-corrected chi connectivity index (χ1v) is 8.57. The van der Waals surface area contributed by atoms with E-state index in [-0.39, 0.29) is 18.2 Å². The molecule has 112 valence electrons. The van der Waals surface area contributed by atoms with Crippen molar-refractivity contribution in [3.63, 3.8) is 0 Å². The van der Waals surface area contributed by atoms with Crippen LogP contribution >= 0.6 is 11.8 Å². The molecule has 0 aliphatic carbocycles. The standard InChI is InChI=1S/C12H19N3O3S2/c1-14-12(16)9-15(2)20(17,18)7-6-19-11-5-3-4-10(13)8-11/h3-5,8H,6-7,9,13H2,1-2H3,(H,14,16). The quantitative estimate of drug-likeness (QED) is 0.560. The fourth-order valence-corrected chi connectivity index (χ4v) is 3.84. The molecule has 0 aliphatic rings. The number of amides is 1. The minimum atomic E-state index is -3.43. The zero-order chi connectivity index (χ0) is 15.2. The number of likely N-dealkylation sites (N-methyl/N-ethyl adjacent to an activating group) is 2. The molecule has 8 heteroatoms. The van der Waals surface area contributed by atoms with E-state index < -0.39 is 10.0 Å². The van der Waals surface area contributed by atoms with Gasteiger partial charge in [-0.15, -0.1) is 11.8 Å². The number of thioether (sulfide) groups is 1. The average molecular weight is 317 g/mol. The van der Waals surface area contributed by atoms with Crippen molar-refractivity contribution in [2.24, 2.45) is 0 Å². The number of nitrogen functional groups attached to an aromatic ring is 1. The van der Waals surface area contributed by atoms with Gasteiger partial charge in [-0.3, -0.25) is 4.79 Å². The minimum Gasteiger partial charge on any atom is -0.399 e. The topological polar surface area (TPSA) is 92.5 Å². The maximum atomic E-state index is 11.9. The Bertz CT molecular complexity index is 561. The molecule has 0 radical (unpaired) electrons. The van der Waals surface area contributed by atoms with E-state index in [1.54, 1.807) is 12.1 Å². The fraction of sp³-hybridized carbons (Fsp3) is 0.417. The third-order valence-electron chi connectivity index (χ3n) is 2.59. The summed E-state index contributed by atoms with van der Waals surface area (Å²) in [6.45, 7) is -0.165. The van der Waals surface area contributed by atoms with Gasteiger partial charge >= 0.3 is 0 Å². The second-order valence-electron chi connectivity index (χ2n) is 4.17. The molecule has 0 unspecified atom stereocenters. The highest BCUT2D eigenvalue weighted by molar-refractivity contribution is 8.00. The van der Waals surface area contributed by atoms with Crippen molar-refractivity contribution < 1.29 is 13.2 Å². The number of nitrogens with two attached hydrogens (primary N) is 1. The molecule has 1 aromatic rings. The van der Waals surface area contributed by atoms with Gasteiger partial charge in [-0.1, -0.05) is 6.07 Å². The first-order chi connectivity index (χ1) is 9.35. The lowest BCUT2D eigenvalue weighted by molar-refractivity contribution is -0.120. The lowest BCUT2D eigenvalue weighted by atomic mass is 10.3. The molecule has 6 nitrogen and oxygen atoms in total. The first-order valence-electron chi connectivity index (χ1n) is 5.98. The Kier molecular flexibility index (Phi) is 6.31. The summed E-state index contributed by atoms with van der Waals surface area (Å²) in [6.07, 6.45) is 0. The number of carbonyl (C=O) groups excluding carboxylic acids is 1. The van der Waals surface area contributed by atoms with Crippen LogP contribution in [0.3, 0.4) is 0 Å². The molecule has 1 amide bonds. The van der Waals surface area contributed by atoms with Crippen LogP contribution in [-0.2, 0) is 14.8 Å². The van der Waals surface area contributed by atoms with Crippen LogP contribution in [0.4, 0.5) is 5.69 Å². The van der Waals surface area contributed by atoms with Gasteiger partial charge in [0.15, 0.2) is 0 Å². The summed E-state index contributed by atoms with van der Waals surface area (Å²) in [5.74, 6) is 0.0451. The van der Waals surface area contributed by atoms with Crippen molar-refractivity contribution in [1.29, 1.82) is 0 Å². The van der Waals surface area contributed by atoms with Crippen LogP contribution in [0.1, 0.15) is 0 Å². The molecule has 0 saturated carbocycles. The van der Waals surface area contributed by atoms with Gasteiger partial charge in [0.2, 0.25) is 15.9 Å². The molecule has 0 aliphatic heterocycles. The third kappa shape index (κ3) is 5.40. The Morgan fingerprint density at radius 3 is 2.75 bits per heavy atom. The van der Waals surface area contributed by atoms with Crippen LogP contribution < -0.4 is 11.1 Å². The lowest BCUT2D eigenvalue weighted by Crippen LogP contribution is -2.38. The van der Waals surface area contributed by atoms with E-state index in [1.165, 1.54) is 25.9 Å². The highest BCUT2D eigenvalue weighted by Crippen LogP contribution is 2.20. The number of sulfonamides is 1. The van der Waals surface area contributed by atoms with Crippen molar-refractivity contribution in [3.05, 3.63) is 24.3 Å². The molecule has 0 heterocycles. The van der Waals surface area contributed by atoms with E-state index in [0.29, 0.717) is 11.4 Å². The van der Waals surface area contributed by atoms with Gasteiger partial charge in [-0.05, 0) is 18.2 Å². The van der Waals surface area contributed by atoms with Gasteiger partial charge in [0.05, 0.1) is 12.3 Å². The molecule has 3 N–H and O–H groups in total.